The molecule has 0 aromatic carbocycles. The number of nitrogens with one attached hydrogen (secondary N) is 1. The van der Waals surface area contributed by atoms with Gasteiger partial charge in [0.15, 0.2) is 5.69 Å². The van der Waals surface area contributed by atoms with E-state index in [9.17, 15) is 18.0 Å². The summed E-state index contributed by atoms with van der Waals surface area (Å²) >= 11 is 3.36. The summed E-state index contributed by atoms with van der Waals surface area (Å²) in [6, 6.07) is 0.675. The largest absolute Gasteiger partial charge is 0.435 e. The van der Waals surface area contributed by atoms with E-state index in [4.69, 9.17) is 0 Å². The molecule has 1 atom stereocenters. The van der Waals surface area contributed by atoms with Crippen molar-refractivity contribution in [3.05, 3.63) is 33.8 Å². The van der Waals surface area contributed by atoms with E-state index in [2.05, 4.69) is 31.4 Å². The number of alkyl halides is 3. The van der Waals surface area contributed by atoms with Crippen LogP contribution >= 0.6 is 15.9 Å². The van der Waals surface area contributed by atoms with Crippen LogP contribution in [-0.2, 0) is 17.5 Å². The first kappa shape index (κ1) is 19.9. The molecule has 6 nitrogen and oxygen atoms in total. The van der Waals surface area contributed by atoms with Crippen LogP contribution in [0.5, 0.6) is 0 Å². The fraction of sp³-hybridized carbons (Fsp3) is 0.588. The smallest absolute Gasteiger partial charge is 0.354 e. The zero-order valence-corrected chi connectivity index (χ0v) is 16.6. The molecule has 1 N–H and O–H groups in total. The maximum Gasteiger partial charge on any atom is 0.435 e. The van der Waals surface area contributed by atoms with Crippen molar-refractivity contribution in [2.24, 2.45) is 0 Å². The number of carbonyl (C=O) groups is 1. The topological polar surface area (TPSA) is 64.7 Å². The van der Waals surface area contributed by atoms with Crippen LogP contribution in [0.15, 0.2) is 16.7 Å². The van der Waals surface area contributed by atoms with Gasteiger partial charge in [0.2, 0.25) is 5.91 Å². The van der Waals surface area contributed by atoms with Gasteiger partial charge in [0, 0.05) is 30.9 Å². The van der Waals surface area contributed by atoms with Gasteiger partial charge in [-0.15, -0.1) is 0 Å². The second-order valence-corrected chi connectivity index (χ2v) is 7.67. The van der Waals surface area contributed by atoms with Crippen molar-refractivity contribution in [3.63, 3.8) is 0 Å². The van der Waals surface area contributed by atoms with Gasteiger partial charge in [0.25, 0.3) is 0 Å². The summed E-state index contributed by atoms with van der Waals surface area (Å²) in [4.78, 5) is 12.2. The van der Waals surface area contributed by atoms with E-state index >= 15 is 0 Å². The zero-order valence-electron chi connectivity index (χ0n) is 15.1. The molecule has 1 unspecified atom stereocenters. The minimum atomic E-state index is -4.44. The monoisotopic (exact) mass is 447 g/mol. The molecule has 10 heteroatoms. The first-order chi connectivity index (χ1) is 12.7. The average molecular weight is 448 g/mol. The van der Waals surface area contributed by atoms with Crippen LogP contribution in [-0.4, -0.2) is 32.0 Å². The Balaban J connectivity index is 1.52. The van der Waals surface area contributed by atoms with Gasteiger partial charge < -0.3 is 5.32 Å². The number of aryl methyl sites for hydroxylation is 2. The predicted molar refractivity (Wildman–Crippen MR) is 96.2 cm³/mol. The molecule has 1 fully saturated rings. The third-order valence-corrected chi connectivity index (χ3v) is 5.35. The molecule has 0 bridgehead atoms. The molecule has 0 aliphatic heterocycles. The number of aromatic nitrogens is 4. The molecular weight excluding hydrogens is 427 g/mol. The van der Waals surface area contributed by atoms with Crippen LogP contribution in [0, 0.1) is 6.92 Å². The Bertz CT molecular complexity index is 806. The number of hydrogen-bond acceptors (Lipinski definition) is 3. The maximum atomic E-state index is 12.9. The highest BCUT2D eigenvalue weighted by Crippen LogP contribution is 2.42. The minimum Gasteiger partial charge on any atom is -0.354 e. The fourth-order valence-electron chi connectivity index (χ4n) is 2.82. The van der Waals surface area contributed by atoms with Crippen molar-refractivity contribution in [1.82, 2.24) is 24.9 Å². The highest BCUT2D eigenvalue weighted by Gasteiger charge is 2.37. The number of carbonyl (C=O) groups excluding carboxylic acids is 1. The Morgan fingerprint density at radius 2 is 2.11 bits per heavy atom. The van der Waals surface area contributed by atoms with Crippen LogP contribution in [0.3, 0.4) is 0 Å². The van der Waals surface area contributed by atoms with Crippen molar-refractivity contribution < 1.29 is 18.0 Å². The Labute approximate surface area is 163 Å². The quantitative estimate of drug-likeness (QED) is 0.656. The third-order valence-electron chi connectivity index (χ3n) is 4.58. The molecule has 1 aliphatic carbocycles. The lowest BCUT2D eigenvalue weighted by Gasteiger charge is -2.13. The average Bonchev–Trinajstić information content (AvgIpc) is 3.26. The fourth-order valence-corrected chi connectivity index (χ4v) is 3.11. The van der Waals surface area contributed by atoms with Crippen molar-refractivity contribution in [1.29, 1.82) is 0 Å². The van der Waals surface area contributed by atoms with E-state index in [1.807, 2.05) is 6.92 Å². The molecule has 27 heavy (non-hydrogen) atoms. The van der Waals surface area contributed by atoms with Crippen LogP contribution in [0.1, 0.15) is 55.2 Å². The van der Waals surface area contributed by atoms with E-state index in [1.54, 1.807) is 17.8 Å². The van der Waals surface area contributed by atoms with Crippen LogP contribution < -0.4 is 5.32 Å². The van der Waals surface area contributed by atoms with Gasteiger partial charge in [-0.3, -0.25) is 14.2 Å². The third kappa shape index (κ3) is 4.72. The Morgan fingerprint density at radius 1 is 1.41 bits per heavy atom. The summed E-state index contributed by atoms with van der Waals surface area (Å²) in [6.45, 7) is 4.27. The lowest BCUT2D eigenvalue weighted by molar-refractivity contribution is -0.141. The zero-order chi connectivity index (χ0) is 19.8. The molecule has 2 heterocycles. The van der Waals surface area contributed by atoms with Gasteiger partial charge in [-0.05, 0) is 55.1 Å². The van der Waals surface area contributed by atoms with E-state index in [0.29, 0.717) is 25.2 Å². The number of amides is 1. The first-order valence-corrected chi connectivity index (χ1v) is 9.60. The molecule has 1 aliphatic rings. The molecule has 0 spiro atoms. The van der Waals surface area contributed by atoms with Gasteiger partial charge in [-0.1, -0.05) is 0 Å². The Morgan fingerprint density at radius 3 is 2.67 bits per heavy atom. The number of rotatable bonds is 7. The lowest BCUT2D eigenvalue weighted by Crippen LogP contribution is -2.32. The van der Waals surface area contributed by atoms with E-state index < -0.39 is 17.9 Å². The summed E-state index contributed by atoms with van der Waals surface area (Å²) < 4.78 is 42.5. The maximum absolute atomic E-state index is 12.9. The number of hydrogen-bond donors (Lipinski definition) is 1. The summed E-state index contributed by atoms with van der Waals surface area (Å²) in [6.07, 6.45) is -0.399. The van der Waals surface area contributed by atoms with Crippen molar-refractivity contribution >= 4 is 21.8 Å². The SMILES string of the molecule is Cc1nn(C(C)C(=O)NCCCn2nc(C(F)(F)F)cc2C2CC2)cc1Br. The number of nitrogens with zero attached hydrogens (tertiary/aromatic N) is 4. The van der Waals surface area contributed by atoms with E-state index in [1.165, 1.54) is 4.68 Å². The summed E-state index contributed by atoms with van der Waals surface area (Å²) in [5.74, 6) is -0.0198. The molecule has 1 saturated carbocycles. The second-order valence-electron chi connectivity index (χ2n) is 6.81. The van der Waals surface area contributed by atoms with Crippen molar-refractivity contribution in [3.8, 4) is 0 Å². The van der Waals surface area contributed by atoms with Crippen LogP contribution in [0.2, 0.25) is 0 Å². The molecule has 2 aromatic rings. The highest BCUT2D eigenvalue weighted by atomic mass is 79.9. The standard InChI is InChI=1S/C17H21BrF3N5O/c1-10-13(18)9-26(23-10)11(2)16(27)22-6-3-7-25-14(12-4-5-12)8-15(24-25)17(19,20)21/h8-9,11-12H,3-7H2,1-2H3,(H,22,27). The predicted octanol–water partition coefficient (Wildman–Crippen LogP) is 3.81. The normalized spacial score (nSPS) is 15.8. The summed E-state index contributed by atoms with van der Waals surface area (Å²) in [7, 11) is 0. The molecule has 2 aromatic heterocycles. The van der Waals surface area contributed by atoms with Gasteiger partial charge in [0.1, 0.15) is 6.04 Å². The Hall–Kier alpha value is -1.84. The first-order valence-electron chi connectivity index (χ1n) is 8.80. The van der Waals surface area contributed by atoms with Crippen LogP contribution in [0.25, 0.3) is 0 Å². The lowest BCUT2D eigenvalue weighted by atomic mass is 10.2. The van der Waals surface area contributed by atoms with E-state index in [0.717, 1.165) is 29.1 Å². The molecule has 148 valence electrons. The van der Waals surface area contributed by atoms with Gasteiger partial charge in [-0.25, -0.2) is 0 Å². The minimum absolute atomic E-state index is 0.171. The van der Waals surface area contributed by atoms with Crippen molar-refractivity contribution in [2.75, 3.05) is 6.54 Å². The summed E-state index contributed by atoms with van der Waals surface area (Å²) in [5.41, 5.74) is 0.585. The second kappa shape index (κ2) is 7.65. The van der Waals surface area contributed by atoms with Crippen LogP contribution in [0.4, 0.5) is 13.2 Å². The van der Waals surface area contributed by atoms with Gasteiger partial charge in [0.05, 0.1) is 10.2 Å². The molecule has 0 saturated heterocycles. The van der Waals surface area contributed by atoms with Gasteiger partial charge >= 0.3 is 6.18 Å². The Kier molecular flexibility index (Phi) is 5.64. The molecule has 3 rings (SSSR count). The summed E-state index contributed by atoms with van der Waals surface area (Å²) in [5, 5.41) is 10.8. The van der Waals surface area contributed by atoms with E-state index in [-0.39, 0.29) is 11.8 Å². The molecular formula is C17H21BrF3N5O. The molecule has 0 radical (unpaired) electrons. The number of halogens is 4. The van der Waals surface area contributed by atoms with Crippen molar-refractivity contribution in [2.45, 2.75) is 57.8 Å². The molecule has 1 amide bonds. The van der Waals surface area contributed by atoms with Gasteiger partial charge in [-0.2, -0.15) is 23.4 Å². The highest BCUT2D eigenvalue weighted by molar-refractivity contribution is 9.10.